The Hall–Kier alpha value is -0.320. The lowest BCUT2D eigenvalue weighted by Crippen LogP contribution is -2.19. The first-order valence-electron chi connectivity index (χ1n) is 4.69. The zero-order valence-corrected chi connectivity index (χ0v) is 10.5. The Labute approximate surface area is 98.5 Å². The normalized spacial score (nSPS) is 13.9. The third-order valence-corrected chi connectivity index (χ3v) is 3.50. The second-order valence-electron chi connectivity index (χ2n) is 3.64. The smallest absolute Gasteiger partial charge is 0.264 e. The molecule has 0 rings (SSSR count). The van der Waals surface area contributed by atoms with Crippen LogP contribution in [0.3, 0.4) is 0 Å². The lowest BCUT2D eigenvalue weighted by Gasteiger charge is -2.15. The van der Waals surface area contributed by atoms with E-state index in [0.717, 1.165) is 0 Å². The van der Waals surface area contributed by atoms with Crippen molar-refractivity contribution in [1.29, 1.82) is 0 Å². The Bertz CT molecular complexity index is 387. The van der Waals surface area contributed by atoms with Crippen LogP contribution in [0.4, 0.5) is 8.78 Å². The van der Waals surface area contributed by atoms with Gasteiger partial charge >= 0.3 is 0 Å². The maximum absolute atomic E-state index is 13.0. The molecule has 0 aromatic carbocycles. The van der Waals surface area contributed by atoms with E-state index in [4.69, 9.17) is 9.11 Å². The summed E-state index contributed by atoms with van der Waals surface area (Å²) < 4.78 is 83.7. The molecule has 0 aliphatic heterocycles. The van der Waals surface area contributed by atoms with Crippen LogP contribution in [0.5, 0.6) is 0 Å². The van der Waals surface area contributed by atoms with Crippen molar-refractivity contribution in [3.8, 4) is 0 Å². The first-order valence-corrected chi connectivity index (χ1v) is 7.91. The minimum atomic E-state index is -4.26. The van der Waals surface area contributed by atoms with Crippen molar-refractivity contribution < 1.29 is 34.7 Å². The Morgan fingerprint density at radius 3 is 1.35 bits per heavy atom. The Morgan fingerprint density at radius 2 is 1.12 bits per heavy atom. The van der Waals surface area contributed by atoms with E-state index in [2.05, 4.69) is 0 Å². The van der Waals surface area contributed by atoms with Crippen molar-refractivity contribution in [2.24, 2.45) is 0 Å². The molecular formula is C7H14F2O6S2. The number of halogens is 2. The fourth-order valence-electron chi connectivity index (χ4n) is 1.15. The molecule has 104 valence electrons. The third-order valence-electron chi connectivity index (χ3n) is 1.89. The van der Waals surface area contributed by atoms with E-state index in [9.17, 15) is 25.6 Å². The van der Waals surface area contributed by atoms with E-state index < -0.39 is 63.3 Å². The summed E-state index contributed by atoms with van der Waals surface area (Å²) in [6, 6.07) is 0. The van der Waals surface area contributed by atoms with Crippen molar-refractivity contribution >= 4 is 20.2 Å². The van der Waals surface area contributed by atoms with Crippen LogP contribution in [0.15, 0.2) is 0 Å². The van der Waals surface area contributed by atoms with Gasteiger partial charge in [-0.3, -0.25) is 9.11 Å². The second-order valence-corrected chi connectivity index (χ2v) is 6.78. The molecule has 0 atom stereocenters. The van der Waals surface area contributed by atoms with Crippen molar-refractivity contribution in [3.63, 3.8) is 0 Å². The van der Waals surface area contributed by atoms with Crippen LogP contribution < -0.4 is 0 Å². The summed E-state index contributed by atoms with van der Waals surface area (Å²) in [5, 5.41) is 0. The van der Waals surface area contributed by atoms with Gasteiger partial charge in [-0.1, -0.05) is 0 Å². The molecule has 0 aliphatic rings. The SMILES string of the molecule is O=S(=O)(O)CCCC(F)(F)CCCS(=O)(=O)O. The van der Waals surface area contributed by atoms with Crippen LogP contribution in [0, 0.1) is 0 Å². The van der Waals surface area contributed by atoms with E-state index in [1.807, 2.05) is 0 Å². The van der Waals surface area contributed by atoms with Gasteiger partial charge in [-0.2, -0.15) is 16.8 Å². The maximum Gasteiger partial charge on any atom is 0.264 e. The van der Waals surface area contributed by atoms with Gasteiger partial charge < -0.3 is 0 Å². The summed E-state index contributed by atoms with van der Waals surface area (Å²) in [5.74, 6) is -4.74. The molecule has 0 aliphatic carbocycles. The minimum absolute atomic E-state index is 0.419. The van der Waals surface area contributed by atoms with Crippen molar-refractivity contribution in [2.45, 2.75) is 31.6 Å². The number of alkyl halides is 2. The summed E-state index contributed by atoms with van der Waals surface area (Å²) in [4.78, 5) is 0. The molecule has 0 bridgehead atoms. The number of hydrogen-bond acceptors (Lipinski definition) is 4. The van der Waals surface area contributed by atoms with Crippen molar-refractivity contribution in [2.75, 3.05) is 11.5 Å². The maximum atomic E-state index is 13.0. The fourth-order valence-corrected chi connectivity index (χ4v) is 2.17. The molecule has 17 heavy (non-hydrogen) atoms. The molecule has 0 saturated heterocycles. The van der Waals surface area contributed by atoms with Gasteiger partial charge in [0, 0.05) is 12.8 Å². The topological polar surface area (TPSA) is 109 Å². The molecule has 0 aromatic rings. The molecule has 0 saturated carbocycles. The fraction of sp³-hybridized carbons (Fsp3) is 1.00. The van der Waals surface area contributed by atoms with E-state index >= 15 is 0 Å². The summed E-state index contributed by atoms with van der Waals surface area (Å²) in [6.45, 7) is 0. The van der Waals surface area contributed by atoms with E-state index in [0.29, 0.717) is 0 Å². The van der Waals surface area contributed by atoms with Crippen LogP contribution >= 0.6 is 0 Å². The molecule has 2 N–H and O–H groups in total. The molecule has 0 heterocycles. The second kappa shape index (κ2) is 6.03. The summed E-state index contributed by atoms with van der Waals surface area (Å²) >= 11 is 0. The van der Waals surface area contributed by atoms with Gasteiger partial charge in [0.15, 0.2) is 0 Å². The number of rotatable bonds is 8. The van der Waals surface area contributed by atoms with Gasteiger partial charge in [0.05, 0.1) is 11.5 Å². The molecule has 0 radical (unpaired) electrons. The van der Waals surface area contributed by atoms with Gasteiger partial charge in [0.1, 0.15) is 0 Å². The Balaban J connectivity index is 3.96. The predicted molar refractivity (Wildman–Crippen MR) is 56.2 cm³/mol. The van der Waals surface area contributed by atoms with Crippen molar-refractivity contribution in [3.05, 3.63) is 0 Å². The minimum Gasteiger partial charge on any atom is -0.286 e. The molecular weight excluding hydrogens is 282 g/mol. The zero-order valence-electron chi connectivity index (χ0n) is 8.84. The molecule has 0 spiro atoms. The highest BCUT2D eigenvalue weighted by molar-refractivity contribution is 7.86. The van der Waals surface area contributed by atoms with E-state index in [-0.39, 0.29) is 0 Å². The van der Waals surface area contributed by atoms with Gasteiger partial charge in [-0.05, 0) is 12.8 Å². The highest BCUT2D eigenvalue weighted by Gasteiger charge is 2.28. The average Bonchev–Trinajstić information content (AvgIpc) is 1.96. The average molecular weight is 296 g/mol. The molecule has 6 nitrogen and oxygen atoms in total. The van der Waals surface area contributed by atoms with Crippen LogP contribution in [0.25, 0.3) is 0 Å². The Morgan fingerprint density at radius 1 is 0.824 bits per heavy atom. The molecule has 0 amide bonds. The summed E-state index contributed by atoms with van der Waals surface area (Å²) in [6.07, 6.45) is -2.37. The van der Waals surface area contributed by atoms with Gasteiger partial charge in [-0.25, -0.2) is 8.78 Å². The quantitative estimate of drug-likeness (QED) is 0.646. The van der Waals surface area contributed by atoms with Crippen LogP contribution in [-0.2, 0) is 20.2 Å². The molecule has 0 fully saturated rings. The largest absolute Gasteiger partial charge is 0.286 e. The van der Waals surface area contributed by atoms with Crippen LogP contribution in [-0.4, -0.2) is 43.4 Å². The van der Waals surface area contributed by atoms with Gasteiger partial charge in [0.2, 0.25) is 5.92 Å². The van der Waals surface area contributed by atoms with E-state index in [1.165, 1.54) is 0 Å². The Kier molecular flexibility index (Phi) is 5.91. The van der Waals surface area contributed by atoms with Crippen molar-refractivity contribution in [1.82, 2.24) is 0 Å². The van der Waals surface area contributed by atoms with Gasteiger partial charge in [0.25, 0.3) is 20.2 Å². The lowest BCUT2D eigenvalue weighted by atomic mass is 10.1. The highest BCUT2D eigenvalue weighted by Crippen LogP contribution is 2.26. The van der Waals surface area contributed by atoms with Crippen LogP contribution in [0.2, 0.25) is 0 Å². The summed E-state index contributed by atoms with van der Waals surface area (Å²) in [5.41, 5.74) is 0. The highest BCUT2D eigenvalue weighted by atomic mass is 32.2. The lowest BCUT2D eigenvalue weighted by molar-refractivity contribution is -0.0170. The monoisotopic (exact) mass is 296 g/mol. The molecule has 0 aromatic heterocycles. The first-order chi connectivity index (χ1) is 7.41. The van der Waals surface area contributed by atoms with Gasteiger partial charge in [-0.15, -0.1) is 0 Å². The van der Waals surface area contributed by atoms with E-state index in [1.54, 1.807) is 0 Å². The first kappa shape index (κ1) is 16.7. The predicted octanol–water partition coefficient (Wildman–Crippen LogP) is 0.958. The summed E-state index contributed by atoms with van der Waals surface area (Å²) in [7, 11) is -8.52. The third kappa shape index (κ3) is 11.9. The van der Waals surface area contributed by atoms with Crippen LogP contribution in [0.1, 0.15) is 25.7 Å². The molecule has 10 heteroatoms. The zero-order chi connectivity index (χ0) is 13.7. The standard InChI is InChI=1S/C7H14F2O6S2/c8-7(9,3-1-5-16(10,11)12)4-2-6-17(13,14)15/h1-6H2,(H,10,11,12)(H,13,14,15). The number of hydrogen-bond donors (Lipinski definition) is 2. The molecule has 0 unspecified atom stereocenters.